The molecule has 0 saturated carbocycles. The molecular formula is C11H7BrClF2NS. The third-order valence-electron chi connectivity index (χ3n) is 2.07. The zero-order valence-corrected chi connectivity index (χ0v) is 11.6. The van der Waals surface area contributed by atoms with E-state index in [2.05, 4.69) is 21.2 Å². The van der Waals surface area contributed by atoms with Crippen LogP contribution in [0.15, 0.2) is 28.1 Å². The van der Waals surface area contributed by atoms with Crippen LogP contribution in [0.25, 0.3) is 0 Å². The molecule has 1 heterocycles. The molecule has 90 valence electrons. The van der Waals surface area contributed by atoms with E-state index in [9.17, 15) is 8.78 Å². The summed E-state index contributed by atoms with van der Waals surface area (Å²) < 4.78 is 27.2. The van der Waals surface area contributed by atoms with Crippen LogP contribution in [0.4, 0.5) is 14.5 Å². The summed E-state index contributed by atoms with van der Waals surface area (Å²) in [7, 11) is 0. The summed E-state index contributed by atoms with van der Waals surface area (Å²) >= 11 is 10.6. The molecule has 2 rings (SSSR count). The van der Waals surface area contributed by atoms with E-state index in [0.717, 1.165) is 21.5 Å². The van der Waals surface area contributed by atoms with E-state index >= 15 is 0 Å². The molecule has 0 bridgehead atoms. The van der Waals surface area contributed by atoms with Crippen molar-refractivity contribution >= 4 is 44.6 Å². The van der Waals surface area contributed by atoms with E-state index in [1.807, 2.05) is 11.4 Å². The Balaban J connectivity index is 2.14. The Hall–Kier alpha value is -0.650. The lowest BCUT2D eigenvalue weighted by Crippen LogP contribution is -2.01. The molecule has 0 radical (unpaired) electrons. The van der Waals surface area contributed by atoms with Crippen LogP contribution in [0.5, 0.6) is 0 Å². The number of rotatable bonds is 3. The molecule has 2 aromatic rings. The number of hydrogen-bond acceptors (Lipinski definition) is 2. The molecule has 17 heavy (non-hydrogen) atoms. The summed E-state index contributed by atoms with van der Waals surface area (Å²) in [6, 6.07) is 3.81. The highest BCUT2D eigenvalue weighted by Crippen LogP contribution is 2.28. The molecule has 1 N–H and O–H groups in total. The second kappa shape index (κ2) is 5.33. The molecule has 0 aliphatic heterocycles. The van der Waals surface area contributed by atoms with Crippen LogP contribution < -0.4 is 5.32 Å². The quantitative estimate of drug-likeness (QED) is 0.825. The minimum Gasteiger partial charge on any atom is -0.377 e. The summed E-state index contributed by atoms with van der Waals surface area (Å²) in [6.45, 7) is 0.443. The largest absolute Gasteiger partial charge is 0.377 e. The topological polar surface area (TPSA) is 12.0 Å². The predicted molar refractivity (Wildman–Crippen MR) is 70.7 cm³/mol. The summed E-state index contributed by atoms with van der Waals surface area (Å²) in [5, 5.41) is 4.82. The monoisotopic (exact) mass is 337 g/mol. The van der Waals surface area contributed by atoms with Crippen LogP contribution in [0.2, 0.25) is 5.02 Å². The van der Waals surface area contributed by atoms with Crippen molar-refractivity contribution in [2.45, 2.75) is 6.54 Å². The maximum absolute atomic E-state index is 13.4. The number of thiophene rings is 1. The fraction of sp³-hybridized carbons (Fsp3) is 0.0909. The Morgan fingerprint density at radius 1 is 1.29 bits per heavy atom. The van der Waals surface area contributed by atoms with Crippen molar-refractivity contribution in [2.75, 3.05) is 5.32 Å². The van der Waals surface area contributed by atoms with Gasteiger partial charge in [-0.15, -0.1) is 11.3 Å². The molecular weight excluding hydrogens is 332 g/mol. The normalized spacial score (nSPS) is 10.6. The standard InChI is InChI=1S/C11H7BrClF2NS/c12-6-1-8(17-5-6)4-16-11-9(13)2-7(14)3-10(11)15/h1-3,5,16H,4H2. The number of nitrogens with one attached hydrogen (secondary N) is 1. The van der Waals surface area contributed by atoms with Gasteiger partial charge >= 0.3 is 0 Å². The SMILES string of the molecule is Fc1cc(F)c(NCc2cc(Br)cs2)c(Cl)c1. The van der Waals surface area contributed by atoms with E-state index in [-0.39, 0.29) is 10.7 Å². The Morgan fingerprint density at radius 3 is 2.65 bits per heavy atom. The predicted octanol–water partition coefficient (Wildman–Crippen LogP) is 5.05. The molecule has 1 nitrogen and oxygen atoms in total. The average molecular weight is 339 g/mol. The Labute approximate surface area is 115 Å². The van der Waals surface area contributed by atoms with Crippen molar-refractivity contribution in [3.05, 3.63) is 49.6 Å². The van der Waals surface area contributed by atoms with E-state index < -0.39 is 11.6 Å². The summed E-state index contributed by atoms with van der Waals surface area (Å²) in [4.78, 5) is 1.02. The molecule has 0 aliphatic rings. The summed E-state index contributed by atoms with van der Waals surface area (Å²) in [5.41, 5.74) is 0.123. The highest BCUT2D eigenvalue weighted by Gasteiger charge is 2.09. The van der Waals surface area contributed by atoms with E-state index in [1.165, 1.54) is 11.3 Å². The van der Waals surface area contributed by atoms with Crippen molar-refractivity contribution < 1.29 is 8.78 Å². The second-order valence-electron chi connectivity index (χ2n) is 3.33. The minimum absolute atomic E-state index is 0.0399. The third-order valence-corrected chi connectivity index (χ3v) is 4.06. The van der Waals surface area contributed by atoms with Gasteiger partial charge in [-0.05, 0) is 28.1 Å². The lowest BCUT2D eigenvalue weighted by Gasteiger charge is -2.08. The maximum Gasteiger partial charge on any atom is 0.150 e. The number of hydrogen-bond donors (Lipinski definition) is 1. The van der Waals surface area contributed by atoms with Gasteiger partial charge in [0, 0.05) is 27.3 Å². The first kappa shape index (κ1) is 12.8. The Bertz CT molecular complexity index is 521. The molecule has 1 aromatic carbocycles. The van der Waals surface area contributed by atoms with Crippen LogP contribution in [-0.4, -0.2) is 0 Å². The van der Waals surface area contributed by atoms with Crippen LogP contribution in [0, 0.1) is 11.6 Å². The first-order chi connectivity index (χ1) is 8.06. The van der Waals surface area contributed by atoms with Crippen molar-refractivity contribution in [3.63, 3.8) is 0 Å². The van der Waals surface area contributed by atoms with Crippen molar-refractivity contribution in [2.24, 2.45) is 0 Å². The Kier molecular flexibility index (Phi) is 4.01. The van der Waals surface area contributed by atoms with Crippen LogP contribution >= 0.6 is 38.9 Å². The van der Waals surface area contributed by atoms with E-state index in [4.69, 9.17) is 11.6 Å². The van der Waals surface area contributed by atoms with Gasteiger partial charge in [-0.1, -0.05) is 11.6 Å². The molecule has 0 atom stereocenters. The smallest absolute Gasteiger partial charge is 0.150 e. The maximum atomic E-state index is 13.4. The van der Waals surface area contributed by atoms with E-state index in [1.54, 1.807) is 0 Å². The van der Waals surface area contributed by atoms with Crippen LogP contribution in [-0.2, 0) is 6.54 Å². The van der Waals surface area contributed by atoms with Gasteiger partial charge in [-0.2, -0.15) is 0 Å². The molecule has 0 saturated heterocycles. The van der Waals surface area contributed by atoms with E-state index in [0.29, 0.717) is 6.54 Å². The molecule has 0 fully saturated rings. The molecule has 0 spiro atoms. The fourth-order valence-corrected chi connectivity index (χ4v) is 2.99. The van der Waals surface area contributed by atoms with Gasteiger partial charge in [-0.3, -0.25) is 0 Å². The highest BCUT2D eigenvalue weighted by molar-refractivity contribution is 9.10. The van der Waals surface area contributed by atoms with Crippen LogP contribution in [0.3, 0.4) is 0 Å². The average Bonchev–Trinajstić information content (AvgIpc) is 2.62. The van der Waals surface area contributed by atoms with Crippen LogP contribution in [0.1, 0.15) is 4.88 Å². The number of halogens is 4. The fourth-order valence-electron chi connectivity index (χ4n) is 1.33. The van der Waals surface area contributed by atoms with Gasteiger partial charge in [0.25, 0.3) is 0 Å². The number of anilines is 1. The van der Waals surface area contributed by atoms with Gasteiger partial charge in [0.15, 0.2) is 5.82 Å². The van der Waals surface area contributed by atoms with Crippen molar-refractivity contribution in [3.8, 4) is 0 Å². The Morgan fingerprint density at radius 2 is 2.06 bits per heavy atom. The first-order valence-corrected chi connectivity index (χ1v) is 6.72. The molecule has 6 heteroatoms. The van der Waals surface area contributed by atoms with Crippen molar-refractivity contribution in [1.82, 2.24) is 0 Å². The van der Waals surface area contributed by atoms with Crippen molar-refractivity contribution in [1.29, 1.82) is 0 Å². The second-order valence-corrected chi connectivity index (χ2v) is 5.65. The zero-order valence-electron chi connectivity index (χ0n) is 8.44. The lowest BCUT2D eigenvalue weighted by molar-refractivity contribution is 0.585. The molecule has 0 aliphatic carbocycles. The molecule has 0 amide bonds. The lowest BCUT2D eigenvalue weighted by atomic mass is 10.3. The van der Waals surface area contributed by atoms with Gasteiger partial charge < -0.3 is 5.32 Å². The molecule has 1 aromatic heterocycles. The third kappa shape index (κ3) is 3.18. The zero-order chi connectivity index (χ0) is 12.4. The summed E-state index contributed by atoms with van der Waals surface area (Å²) in [6.07, 6.45) is 0. The molecule has 0 unspecified atom stereocenters. The minimum atomic E-state index is -0.689. The highest BCUT2D eigenvalue weighted by atomic mass is 79.9. The van der Waals surface area contributed by atoms with Gasteiger partial charge in [0.05, 0.1) is 10.7 Å². The van der Waals surface area contributed by atoms with Gasteiger partial charge in [0.1, 0.15) is 5.82 Å². The number of benzene rings is 1. The van der Waals surface area contributed by atoms with Gasteiger partial charge in [-0.25, -0.2) is 8.78 Å². The summed E-state index contributed by atoms with van der Waals surface area (Å²) in [5.74, 6) is -1.37. The van der Waals surface area contributed by atoms with Gasteiger partial charge in [0.2, 0.25) is 0 Å². The first-order valence-electron chi connectivity index (χ1n) is 4.67.